The van der Waals surface area contributed by atoms with E-state index in [9.17, 15) is 18.0 Å². The molecule has 0 spiro atoms. The number of carbonyl (C=O) groups excluding carboxylic acids is 1. The van der Waals surface area contributed by atoms with Crippen LogP contribution in [0.25, 0.3) is 0 Å². The summed E-state index contributed by atoms with van der Waals surface area (Å²) in [5.41, 5.74) is 0.650. The third kappa shape index (κ3) is 6.88. The maximum absolute atomic E-state index is 12.8. The van der Waals surface area contributed by atoms with Gasteiger partial charge in [-0.25, -0.2) is 14.8 Å². The second-order valence-corrected chi connectivity index (χ2v) is 7.12. The average Bonchev–Trinajstić information content (AvgIpc) is 2.76. The van der Waals surface area contributed by atoms with E-state index in [0.717, 1.165) is 17.7 Å². The molecule has 1 heterocycles. The molecule has 0 fully saturated rings. The monoisotopic (exact) mass is 448 g/mol. The molecule has 162 valence electrons. The highest BCUT2D eigenvalue weighted by Gasteiger charge is 2.30. The second-order valence-electron chi connectivity index (χ2n) is 6.35. The molecule has 6 nitrogen and oxygen atoms in total. The molecule has 1 aromatic heterocycles. The van der Waals surface area contributed by atoms with Crippen molar-refractivity contribution < 1.29 is 22.7 Å². The van der Waals surface area contributed by atoms with Crippen LogP contribution in [-0.2, 0) is 24.1 Å². The number of amides is 1. The van der Waals surface area contributed by atoms with Crippen LogP contribution in [0.4, 0.5) is 29.5 Å². The molecular formula is C21H19F3N4O2S. The molecule has 10 heteroatoms. The Hall–Kier alpha value is -3.27. The minimum absolute atomic E-state index is 0.0162. The number of halogens is 3. The summed E-state index contributed by atoms with van der Waals surface area (Å²) in [7, 11) is 0. The number of nitrogens with one attached hydrogen (secondary N) is 2. The van der Waals surface area contributed by atoms with Gasteiger partial charge in [-0.3, -0.25) is 5.32 Å². The van der Waals surface area contributed by atoms with Crippen molar-refractivity contribution in [2.24, 2.45) is 0 Å². The van der Waals surface area contributed by atoms with Crippen LogP contribution in [0.3, 0.4) is 0 Å². The normalized spacial score (nSPS) is 11.1. The van der Waals surface area contributed by atoms with Crippen molar-refractivity contribution >= 4 is 29.4 Å². The van der Waals surface area contributed by atoms with Crippen molar-refractivity contribution in [3.05, 3.63) is 77.5 Å². The highest BCUT2D eigenvalue weighted by molar-refractivity contribution is 7.98. The van der Waals surface area contributed by atoms with Gasteiger partial charge in [-0.2, -0.15) is 13.2 Å². The van der Waals surface area contributed by atoms with Crippen molar-refractivity contribution in [2.45, 2.75) is 24.5 Å². The van der Waals surface area contributed by atoms with Crippen LogP contribution in [0.15, 0.2) is 65.8 Å². The van der Waals surface area contributed by atoms with Gasteiger partial charge in [-0.1, -0.05) is 48.2 Å². The Morgan fingerprint density at radius 1 is 1.06 bits per heavy atom. The topological polar surface area (TPSA) is 76.1 Å². The molecule has 0 saturated heterocycles. The smallest absolute Gasteiger partial charge is 0.416 e. The van der Waals surface area contributed by atoms with Gasteiger partial charge >= 0.3 is 12.3 Å². The summed E-state index contributed by atoms with van der Waals surface area (Å²) >= 11 is 1.33. The van der Waals surface area contributed by atoms with E-state index in [2.05, 4.69) is 20.6 Å². The molecule has 0 saturated carbocycles. The molecule has 0 bridgehead atoms. The van der Waals surface area contributed by atoms with Gasteiger partial charge in [0.25, 0.3) is 0 Å². The lowest BCUT2D eigenvalue weighted by Crippen LogP contribution is -2.15. The Morgan fingerprint density at radius 3 is 2.55 bits per heavy atom. The van der Waals surface area contributed by atoms with Crippen LogP contribution in [0, 0.1) is 0 Å². The highest BCUT2D eigenvalue weighted by Crippen LogP contribution is 2.30. The first-order valence-corrected chi connectivity index (χ1v) is 10.4. The van der Waals surface area contributed by atoms with Crippen molar-refractivity contribution in [3.63, 3.8) is 0 Å². The Kier molecular flexibility index (Phi) is 7.35. The largest absolute Gasteiger partial charge is 0.443 e. The predicted octanol–water partition coefficient (Wildman–Crippen LogP) is 5.58. The Balaban J connectivity index is 1.61. The van der Waals surface area contributed by atoms with Crippen molar-refractivity contribution in [3.8, 4) is 0 Å². The Bertz CT molecular complexity index is 1030. The molecule has 3 aromatic rings. The maximum Gasteiger partial charge on any atom is 0.416 e. The third-order valence-corrected chi connectivity index (χ3v) is 4.59. The van der Waals surface area contributed by atoms with E-state index in [-0.39, 0.29) is 12.3 Å². The summed E-state index contributed by atoms with van der Waals surface area (Å²) in [4.78, 5) is 20.7. The fraction of sp³-hybridized carbons (Fsp3) is 0.190. The van der Waals surface area contributed by atoms with E-state index in [1.807, 2.05) is 36.6 Å². The van der Waals surface area contributed by atoms with Gasteiger partial charge in [0.2, 0.25) is 0 Å². The molecule has 31 heavy (non-hydrogen) atoms. The van der Waals surface area contributed by atoms with Crippen LogP contribution < -0.4 is 10.6 Å². The van der Waals surface area contributed by atoms with Gasteiger partial charge in [0.05, 0.1) is 11.3 Å². The summed E-state index contributed by atoms with van der Waals surface area (Å²) < 4.78 is 43.5. The van der Waals surface area contributed by atoms with E-state index in [1.165, 1.54) is 23.9 Å². The number of alkyl halides is 3. The van der Waals surface area contributed by atoms with Crippen LogP contribution in [0.2, 0.25) is 0 Å². The molecule has 0 aliphatic heterocycles. The number of hydrogen-bond acceptors (Lipinski definition) is 6. The van der Waals surface area contributed by atoms with Gasteiger partial charge < -0.3 is 10.1 Å². The van der Waals surface area contributed by atoms with Crippen molar-refractivity contribution in [1.29, 1.82) is 0 Å². The summed E-state index contributed by atoms with van der Waals surface area (Å²) in [6.45, 7) is 0.392. The number of hydrogen-bond donors (Lipinski definition) is 2. The summed E-state index contributed by atoms with van der Waals surface area (Å²) in [5.74, 6) is 0.570. The molecule has 0 aliphatic carbocycles. The summed E-state index contributed by atoms with van der Waals surface area (Å²) in [6, 6.07) is 15.7. The molecular weight excluding hydrogens is 429 g/mol. The first-order valence-electron chi connectivity index (χ1n) is 9.14. The van der Waals surface area contributed by atoms with Crippen LogP contribution >= 0.6 is 11.8 Å². The van der Waals surface area contributed by atoms with E-state index in [4.69, 9.17) is 4.74 Å². The molecule has 0 aliphatic rings. The fourth-order valence-corrected chi connectivity index (χ4v) is 2.98. The van der Waals surface area contributed by atoms with Crippen LogP contribution in [0.1, 0.15) is 16.8 Å². The molecule has 0 atom stereocenters. The maximum atomic E-state index is 12.8. The molecule has 2 N–H and O–H groups in total. The van der Waals surface area contributed by atoms with E-state index in [1.54, 1.807) is 6.07 Å². The average molecular weight is 448 g/mol. The van der Waals surface area contributed by atoms with Crippen molar-refractivity contribution in [1.82, 2.24) is 9.97 Å². The van der Waals surface area contributed by atoms with E-state index < -0.39 is 17.8 Å². The zero-order chi connectivity index (χ0) is 22.3. The number of nitrogens with zero attached hydrogens (tertiary/aromatic N) is 2. The number of aromatic nitrogens is 2. The minimum atomic E-state index is -4.50. The van der Waals surface area contributed by atoms with Crippen LogP contribution in [0.5, 0.6) is 0 Å². The van der Waals surface area contributed by atoms with Crippen LogP contribution in [-0.4, -0.2) is 22.3 Å². The lowest BCUT2D eigenvalue weighted by atomic mass is 10.2. The number of rotatable bonds is 7. The second kappa shape index (κ2) is 10.2. The molecule has 3 rings (SSSR count). The first-order chi connectivity index (χ1) is 14.8. The lowest BCUT2D eigenvalue weighted by Gasteiger charge is -2.11. The van der Waals surface area contributed by atoms with Crippen molar-refractivity contribution in [2.75, 3.05) is 16.9 Å². The SMILES string of the molecule is CSc1nc(COC(=O)Nc2cccc(C(F)(F)F)c2)cc(NCc2ccccc2)n1. The van der Waals surface area contributed by atoms with Gasteiger partial charge in [0, 0.05) is 18.3 Å². The number of anilines is 2. The quantitative estimate of drug-likeness (QED) is 0.363. The number of benzene rings is 2. The summed E-state index contributed by atoms with van der Waals surface area (Å²) in [6.07, 6.45) is -3.57. The van der Waals surface area contributed by atoms with Gasteiger partial charge in [0.15, 0.2) is 5.16 Å². The summed E-state index contributed by atoms with van der Waals surface area (Å²) in [5, 5.41) is 5.98. The third-order valence-electron chi connectivity index (χ3n) is 4.05. The molecule has 1 amide bonds. The fourth-order valence-electron chi connectivity index (χ4n) is 2.58. The predicted molar refractivity (Wildman–Crippen MR) is 113 cm³/mol. The lowest BCUT2D eigenvalue weighted by molar-refractivity contribution is -0.137. The Morgan fingerprint density at radius 2 is 1.84 bits per heavy atom. The Labute approximate surface area is 181 Å². The number of thioether (sulfide) groups is 1. The minimum Gasteiger partial charge on any atom is -0.443 e. The molecule has 2 aromatic carbocycles. The molecule has 0 unspecified atom stereocenters. The molecule has 0 radical (unpaired) electrons. The standard InChI is InChI=1S/C21H19F3N4O2S/c1-31-19-26-17(11-18(28-19)25-12-14-6-3-2-4-7-14)13-30-20(29)27-16-9-5-8-15(10-16)21(22,23)24/h2-11H,12-13H2,1H3,(H,27,29)(H,25,26,28). The number of carbonyl (C=O) groups is 1. The van der Waals surface area contributed by atoms with E-state index in [0.29, 0.717) is 23.2 Å². The van der Waals surface area contributed by atoms with Gasteiger partial charge in [-0.15, -0.1) is 0 Å². The number of ether oxygens (including phenoxy) is 1. The van der Waals surface area contributed by atoms with Gasteiger partial charge in [-0.05, 0) is 30.0 Å². The van der Waals surface area contributed by atoms with E-state index >= 15 is 0 Å². The zero-order valence-electron chi connectivity index (χ0n) is 16.4. The zero-order valence-corrected chi connectivity index (χ0v) is 17.3. The highest BCUT2D eigenvalue weighted by atomic mass is 32.2. The van der Waals surface area contributed by atoms with Gasteiger partial charge in [0.1, 0.15) is 12.4 Å². The first kappa shape index (κ1) is 22.4.